The zero-order valence-electron chi connectivity index (χ0n) is 8.90. The number of likely N-dealkylation sites (N-methyl/N-ethyl adjacent to an activating group) is 1. The van der Waals surface area contributed by atoms with E-state index in [-0.39, 0.29) is 0 Å². The SMILES string of the molecule is Cc1nc2nc(N(C)CCN)ccc2s1. The van der Waals surface area contributed by atoms with Crippen molar-refractivity contribution in [1.29, 1.82) is 0 Å². The van der Waals surface area contributed by atoms with Gasteiger partial charge in [-0.15, -0.1) is 11.3 Å². The number of anilines is 1. The zero-order valence-corrected chi connectivity index (χ0v) is 9.71. The normalized spacial score (nSPS) is 10.9. The first-order chi connectivity index (χ1) is 7.20. The van der Waals surface area contributed by atoms with Crippen LogP contribution in [0.4, 0.5) is 5.82 Å². The maximum atomic E-state index is 5.50. The van der Waals surface area contributed by atoms with E-state index < -0.39 is 0 Å². The lowest BCUT2D eigenvalue weighted by molar-refractivity contribution is 0.871. The maximum Gasteiger partial charge on any atom is 0.172 e. The van der Waals surface area contributed by atoms with Gasteiger partial charge >= 0.3 is 0 Å². The second-order valence-electron chi connectivity index (χ2n) is 3.43. The highest BCUT2D eigenvalue weighted by Gasteiger charge is 2.05. The van der Waals surface area contributed by atoms with Crippen LogP contribution in [-0.2, 0) is 0 Å². The van der Waals surface area contributed by atoms with Crippen LogP contribution in [0.5, 0.6) is 0 Å². The van der Waals surface area contributed by atoms with Gasteiger partial charge in [0.25, 0.3) is 0 Å². The topological polar surface area (TPSA) is 55.0 Å². The second kappa shape index (κ2) is 4.12. The standard InChI is InChI=1S/C10H14N4S/c1-7-12-10-8(15-7)3-4-9(13-10)14(2)6-5-11/h3-4H,5-6,11H2,1-2H3. The van der Waals surface area contributed by atoms with Crippen LogP contribution in [0.1, 0.15) is 5.01 Å². The summed E-state index contributed by atoms with van der Waals surface area (Å²) in [6, 6.07) is 4.07. The van der Waals surface area contributed by atoms with E-state index in [9.17, 15) is 0 Å². The van der Waals surface area contributed by atoms with Crippen molar-refractivity contribution in [3.8, 4) is 0 Å². The lowest BCUT2D eigenvalue weighted by atomic mass is 10.4. The molecule has 0 radical (unpaired) electrons. The summed E-state index contributed by atoms with van der Waals surface area (Å²) >= 11 is 1.67. The fraction of sp³-hybridized carbons (Fsp3) is 0.400. The van der Waals surface area contributed by atoms with Crippen molar-refractivity contribution in [3.05, 3.63) is 17.1 Å². The highest BCUT2D eigenvalue weighted by atomic mass is 32.1. The number of aromatic nitrogens is 2. The number of thiazole rings is 1. The van der Waals surface area contributed by atoms with Crippen molar-refractivity contribution in [1.82, 2.24) is 9.97 Å². The zero-order chi connectivity index (χ0) is 10.8. The summed E-state index contributed by atoms with van der Waals surface area (Å²) in [5.74, 6) is 0.929. The highest BCUT2D eigenvalue weighted by molar-refractivity contribution is 7.18. The molecule has 2 aromatic heterocycles. The van der Waals surface area contributed by atoms with E-state index in [1.165, 1.54) is 0 Å². The summed E-state index contributed by atoms with van der Waals surface area (Å²) in [5, 5.41) is 1.05. The van der Waals surface area contributed by atoms with Crippen molar-refractivity contribution in [2.24, 2.45) is 5.73 Å². The Morgan fingerprint density at radius 2 is 2.20 bits per heavy atom. The molecule has 0 saturated carbocycles. The molecule has 4 nitrogen and oxygen atoms in total. The summed E-state index contributed by atoms with van der Waals surface area (Å²) in [5.41, 5.74) is 6.33. The molecule has 0 saturated heterocycles. The Bertz CT molecular complexity index is 465. The Labute approximate surface area is 92.8 Å². The molecule has 2 rings (SSSR count). The summed E-state index contributed by atoms with van der Waals surface area (Å²) in [4.78, 5) is 10.9. The van der Waals surface area contributed by atoms with E-state index in [1.54, 1.807) is 11.3 Å². The Morgan fingerprint density at radius 1 is 1.40 bits per heavy atom. The maximum absolute atomic E-state index is 5.50. The van der Waals surface area contributed by atoms with E-state index in [0.29, 0.717) is 6.54 Å². The van der Waals surface area contributed by atoms with Gasteiger partial charge in [-0.1, -0.05) is 0 Å². The monoisotopic (exact) mass is 222 g/mol. The molecule has 0 unspecified atom stereocenters. The first-order valence-electron chi connectivity index (χ1n) is 4.86. The number of hydrogen-bond acceptors (Lipinski definition) is 5. The summed E-state index contributed by atoms with van der Waals surface area (Å²) in [7, 11) is 1.99. The molecule has 0 aromatic carbocycles. The third-order valence-corrected chi connectivity index (χ3v) is 3.13. The summed E-state index contributed by atoms with van der Waals surface area (Å²) in [6.07, 6.45) is 0. The van der Waals surface area contributed by atoms with E-state index in [4.69, 9.17) is 5.73 Å². The average molecular weight is 222 g/mol. The Balaban J connectivity index is 2.37. The van der Waals surface area contributed by atoms with Gasteiger partial charge in [0.15, 0.2) is 5.65 Å². The van der Waals surface area contributed by atoms with Gasteiger partial charge in [0.2, 0.25) is 0 Å². The van der Waals surface area contributed by atoms with Gasteiger partial charge in [0.05, 0.1) is 9.71 Å². The molecule has 0 atom stereocenters. The van der Waals surface area contributed by atoms with Crippen LogP contribution in [0.25, 0.3) is 10.3 Å². The fourth-order valence-corrected chi connectivity index (χ4v) is 2.21. The minimum absolute atomic E-state index is 0.631. The van der Waals surface area contributed by atoms with Gasteiger partial charge in [-0.3, -0.25) is 0 Å². The Morgan fingerprint density at radius 3 is 2.93 bits per heavy atom. The van der Waals surface area contributed by atoms with E-state index in [2.05, 4.69) is 16.0 Å². The summed E-state index contributed by atoms with van der Waals surface area (Å²) < 4.78 is 1.14. The van der Waals surface area contributed by atoms with Crippen molar-refractivity contribution >= 4 is 27.5 Å². The number of pyridine rings is 1. The highest BCUT2D eigenvalue weighted by Crippen LogP contribution is 2.22. The molecule has 0 amide bonds. The van der Waals surface area contributed by atoms with Gasteiger partial charge in [0, 0.05) is 20.1 Å². The minimum atomic E-state index is 0.631. The molecule has 0 fully saturated rings. The minimum Gasteiger partial charge on any atom is -0.358 e. The molecule has 80 valence electrons. The first kappa shape index (κ1) is 10.3. The number of nitrogens with zero attached hydrogens (tertiary/aromatic N) is 3. The van der Waals surface area contributed by atoms with Crippen molar-refractivity contribution in [3.63, 3.8) is 0 Å². The Kier molecular flexibility index (Phi) is 2.83. The van der Waals surface area contributed by atoms with Crippen LogP contribution >= 0.6 is 11.3 Å². The molecule has 0 bridgehead atoms. The fourth-order valence-electron chi connectivity index (χ4n) is 1.44. The molecule has 0 aliphatic heterocycles. The quantitative estimate of drug-likeness (QED) is 0.852. The van der Waals surface area contributed by atoms with E-state index >= 15 is 0 Å². The largest absolute Gasteiger partial charge is 0.358 e. The average Bonchev–Trinajstić information content (AvgIpc) is 2.57. The molecular weight excluding hydrogens is 208 g/mol. The lowest BCUT2D eigenvalue weighted by Gasteiger charge is -2.16. The third-order valence-electron chi connectivity index (χ3n) is 2.20. The molecule has 0 aliphatic carbocycles. The van der Waals surface area contributed by atoms with E-state index in [1.807, 2.05) is 24.9 Å². The lowest BCUT2D eigenvalue weighted by Crippen LogP contribution is -2.25. The number of nitrogens with two attached hydrogens (primary N) is 1. The summed E-state index contributed by atoms with van der Waals surface area (Å²) in [6.45, 7) is 3.43. The predicted molar refractivity (Wildman–Crippen MR) is 64.5 cm³/mol. The molecular formula is C10H14N4S. The smallest absolute Gasteiger partial charge is 0.172 e. The molecule has 15 heavy (non-hydrogen) atoms. The van der Waals surface area contributed by atoms with Crippen LogP contribution < -0.4 is 10.6 Å². The third kappa shape index (κ3) is 2.08. The van der Waals surface area contributed by atoms with Crippen molar-refractivity contribution < 1.29 is 0 Å². The van der Waals surface area contributed by atoms with Crippen LogP contribution in [0.2, 0.25) is 0 Å². The second-order valence-corrected chi connectivity index (χ2v) is 4.67. The van der Waals surface area contributed by atoms with Crippen molar-refractivity contribution in [2.45, 2.75) is 6.92 Å². The number of rotatable bonds is 3. The van der Waals surface area contributed by atoms with Crippen LogP contribution in [-0.4, -0.2) is 30.1 Å². The first-order valence-corrected chi connectivity index (χ1v) is 5.68. The van der Waals surface area contributed by atoms with Crippen LogP contribution in [0, 0.1) is 6.92 Å². The molecule has 2 aromatic rings. The molecule has 0 aliphatic rings. The van der Waals surface area contributed by atoms with Gasteiger partial charge in [-0.2, -0.15) is 0 Å². The van der Waals surface area contributed by atoms with Gasteiger partial charge in [0.1, 0.15) is 5.82 Å². The van der Waals surface area contributed by atoms with Gasteiger partial charge in [-0.25, -0.2) is 9.97 Å². The van der Waals surface area contributed by atoms with Crippen LogP contribution in [0.15, 0.2) is 12.1 Å². The van der Waals surface area contributed by atoms with Crippen molar-refractivity contribution in [2.75, 3.05) is 25.0 Å². The molecule has 2 N–H and O–H groups in total. The number of fused-ring (bicyclic) bond motifs is 1. The van der Waals surface area contributed by atoms with Crippen LogP contribution in [0.3, 0.4) is 0 Å². The van der Waals surface area contributed by atoms with Gasteiger partial charge in [-0.05, 0) is 19.1 Å². The molecule has 2 heterocycles. The number of aryl methyl sites for hydroxylation is 1. The Hall–Kier alpha value is -1.20. The predicted octanol–water partition coefficient (Wildman–Crippen LogP) is 1.39. The molecule has 0 spiro atoms. The van der Waals surface area contributed by atoms with E-state index in [0.717, 1.165) is 27.7 Å². The number of hydrogen-bond donors (Lipinski definition) is 1. The van der Waals surface area contributed by atoms with Gasteiger partial charge < -0.3 is 10.6 Å². The molecule has 5 heteroatoms.